The molecule has 0 amide bonds. The van der Waals surface area contributed by atoms with Gasteiger partial charge in [-0.05, 0) is 12.1 Å². The number of fused-ring (bicyclic) bond motifs is 2. The Labute approximate surface area is 114 Å². The fourth-order valence-corrected chi connectivity index (χ4v) is 2.94. The minimum atomic E-state index is 0.363. The summed E-state index contributed by atoms with van der Waals surface area (Å²) in [6, 6.07) is 5.56. The van der Waals surface area contributed by atoms with Crippen LogP contribution in [0.15, 0.2) is 40.5 Å². The molecule has 5 nitrogen and oxygen atoms in total. The third-order valence-electron chi connectivity index (χ3n) is 2.78. The van der Waals surface area contributed by atoms with Crippen molar-refractivity contribution in [2.24, 2.45) is 0 Å². The topological polar surface area (TPSA) is 55.3 Å². The van der Waals surface area contributed by atoms with Gasteiger partial charge < -0.3 is 4.74 Å². The minimum absolute atomic E-state index is 0.363. The number of methoxy groups -OCH3 is 1. The summed E-state index contributed by atoms with van der Waals surface area (Å²) in [5, 5.41) is 0.839. The summed E-state index contributed by atoms with van der Waals surface area (Å²) in [5.74, 6) is 0.755. The molecular formula is C13H11N3O2S. The van der Waals surface area contributed by atoms with Crippen LogP contribution in [0.1, 0.15) is 10.4 Å². The molecule has 0 saturated carbocycles. The van der Waals surface area contributed by atoms with Crippen molar-refractivity contribution in [1.82, 2.24) is 9.97 Å². The number of benzene rings is 1. The number of ether oxygens (including phenoxy) is 1. The lowest BCUT2D eigenvalue weighted by atomic mass is 10.2. The van der Waals surface area contributed by atoms with Crippen LogP contribution in [-0.2, 0) is 4.74 Å². The van der Waals surface area contributed by atoms with E-state index in [0.717, 1.165) is 27.7 Å². The van der Waals surface area contributed by atoms with Crippen molar-refractivity contribution >= 4 is 29.6 Å². The average Bonchev–Trinajstić information content (AvgIpc) is 2.47. The number of hydrogen-bond acceptors (Lipinski definition) is 6. The first-order valence-electron chi connectivity index (χ1n) is 5.68. The van der Waals surface area contributed by atoms with Crippen molar-refractivity contribution in [3.8, 4) is 0 Å². The quantitative estimate of drug-likeness (QED) is 0.801. The fraction of sp³-hybridized carbons (Fsp3) is 0.154. The largest absolute Gasteiger partial charge is 0.364 e. The van der Waals surface area contributed by atoms with E-state index < -0.39 is 0 Å². The monoisotopic (exact) mass is 273 g/mol. The lowest BCUT2D eigenvalue weighted by molar-refractivity contribution is 0.112. The Morgan fingerprint density at radius 3 is 3.00 bits per heavy atom. The fourth-order valence-electron chi connectivity index (χ4n) is 1.96. The summed E-state index contributed by atoms with van der Waals surface area (Å²) in [5.41, 5.74) is 1.55. The summed E-state index contributed by atoms with van der Waals surface area (Å²) < 4.78 is 5.23. The van der Waals surface area contributed by atoms with Crippen LogP contribution >= 0.6 is 11.8 Å². The number of carbonyl (C=O) groups excluding carboxylic acids is 1. The molecule has 3 rings (SSSR count). The van der Waals surface area contributed by atoms with E-state index in [1.54, 1.807) is 37.3 Å². The normalized spacial score (nSPS) is 12.8. The summed E-state index contributed by atoms with van der Waals surface area (Å²) in [6.07, 6.45) is 4.15. The van der Waals surface area contributed by atoms with E-state index in [2.05, 4.69) is 9.97 Å². The second kappa shape index (κ2) is 4.99. The smallest absolute Gasteiger partial charge is 0.168 e. The molecule has 0 fully saturated rings. The molecule has 0 saturated heterocycles. The van der Waals surface area contributed by atoms with E-state index in [-0.39, 0.29) is 0 Å². The van der Waals surface area contributed by atoms with Crippen molar-refractivity contribution in [3.05, 3.63) is 36.2 Å². The number of aromatic nitrogens is 2. The lowest BCUT2D eigenvalue weighted by Crippen LogP contribution is -2.24. The zero-order valence-corrected chi connectivity index (χ0v) is 11.1. The zero-order valence-electron chi connectivity index (χ0n) is 10.2. The van der Waals surface area contributed by atoms with E-state index in [4.69, 9.17) is 4.74 Å². The molecule has 0 radical (unpaired) electrons. The van der Waals surface area contributed by atoms with Crippen LogP contribution in [0.3, 0.4) is 0 Å². The van der Waals surface area contributed by atoms with E-state index in [1.165, 1.54) is 0 Å². The SMILES string of the molecule is COCN1c2cc(C=O)ccc2Sc2nccnc21. The van der Waals surface area contributed by atoms with Crippen LogP contribution in [0.25, 0.3) is 0 Å². The van der Waals surface area contributed by atoms with Gasteiger partial charge in [-0.1, -0.05) is 17.8 Å². The van der Waals surface area contributed by atoms with Gasteiger partial charge >= 0.3 is 0 Å². The van der Waals surface area contributed by atoms with Gasteiger partial charge in [0.15, 0.2) is 5.82 Å². The molecule has 2 aromatic rings. The van der Waals surface area contributed by atoms with Gasteiger partial charge in [-0.25, -0.2) is 9.97 Å². The van der Waals surface area contributed by atoms with Crippen molar-refractivity contribution in [1.29, 1.82) is 0 Å². The Morgan fingerprint density at radius 1 is 1.37 bits per heavy atom. The van der Waals surface area contributed by atoms with Crippen LogP contribution in [0.4, 0.5) is 11.5 Å². The molecule has 1 aliphatic rings. The van der Waals surface area contributed by atoms with Gasteiger partial charge in [-0.15, -0.1) is 0 Å². The third kappa shape index (κ3) is 2.09. The predicted molar refractivity (Wildman–Crippen MR) is 72.0 cm³/mol. The maximum atomic E-state index is 10.9. The molecule has 0 bridgehead atoms. The van der Waals surface area contributed by atoms with Crippen LogP contribution in [0.2, 0.25) is 0 Å². The lowest BCUT2D eigenvalue weighted by Gasteiger charge is -2.30. The number of anilines is 2. The first-order valence-corrected chi connectivity index (χ1v) is 6.49. The number of carbonyl (C=O) groups is 1. The molecule has 1 aromatic heterocycles. The Hall–Kier alpha value is -1.92. The Bertz CT molecular complexity index is 633. The second-order valence-electron chi connectivity index (χ2n) is 3.98. The summed E-state index contributed by atoms with van der Waals surface area (Å²) in [7, 11) is 1.63. The molecule has 1 aromatic carbocycles. The zero-order chi connectivity index (χ0) is 13.2. The van der Waals surface area contributed by atoms with Crippen molar-refractivity contribution in [2.75, 3.05) is 18.7 Å². The molecule has 0 spiro atoms. The molecular weight excluding hydrogens is 262 g/mol. The van der Waals surface area contributed by atoms with Crippen LogP contribution in [0, 0.1) is 0 Å². The number of hydrogen-bond donors (Lipinski definition) is 0. The van der Waals surface area contributed by atoms with E-state index in [1.807, 2.05) is 17.0 Å². The van der Waals surface area contributed by atoms with E-state index in [9.17, 15) is 4.79 Å². The van der Waals surface area contributed by atoms with Gasteiger partial charge in [-0.2, -0.15) is 0 Å². The Morgan fingerprint density at radius 2 is 2.21 bits per heavy atom. The first-order chi connectivity index (χ1) is 9.33. The van der Waals surface area contributed by atoms with Crippen LogP contribution < -0.4 is 4.90 Å². The highest BCUT2D eigenvalue weighted by Crippen LogP contribution is 2.45. The number of aldehydes is 1. The molecule has 6 heteroatoms. The number of rotatable bonds is 3. The van der Waals surface area contributed by atoms with Gasteiger partial charge in [0.1, 0.15) is 18.0 Å². The van der Waals surface area contributed by atoms with Crippen molar-refractivity contribution < 1.29 is 9.53 Å². The minimum Gasteiger partial charge on any atom is -0.364 e. The first kappa shape index (κ1) is 12.1. The molecule has 2 heterocycles. The maximum absolute atomic E-state index is 10.9. The highest BCUT2D eigenvalue weighted by Gasteiger charge is 2.25. The third-order valence-corrected chi connectivity index (χ3v) is 3.82. The van der Waals surface area contributed by atoms with Gasteiger partial charge in [0.05, 0.1) is 5.69 Å². The average molecular weight is 273 g/mol. The number of nitrogens with zero attached hydrogens (tertiary/aromatic N) is 3. The van der Waals surface area contributed by atoms with Crippen LogP contribution in [0.5, 0.6) is 0 Å². The van der Waals surface area contributed by atoms with Gasteiger partial charge in [0.2, 0.25) is 0 Å². The Balaban J connectivity index is 2.14. The highest BCUT2D eigenvalue weighted by molar-refractivity contribution is 7.99. The molecule has 96 valence electrons. The predicted octanol–water partition coefficient (Wildman–Crippen LogP) is 2.50. The summed E-state index contributed by atoms with van der Waals surface area (Å²) >= 11 is 1.54. The molecule has 0 atom stereocenters. The van der Waals surface area contributed by atoms with Gasteiger partial charge in [0.25, 0.3) is 0 Å². The van der Waals surface area contributed by atoms with E-state index >= 15 is 0 Å². The second-order valence-corrected chi connectivity index (χ2v) is 5.01. The summed E-state index contributed by atoms with van der Waals surface area (Å²) in [6.45, 7) is 0.363. The van der Waals surface area contributed by atoms with Gasteiger partial charge in [-0.3, -0.25) is 9.69 Å². The molecule has 0 N–H and O–H groups in total. The maximum Gasteiger partial charge on any atom is 0.168 e. The molecule has 0 aliphatic carbocycles. The highest BCUT2D eigenvalue weighted by atomic mass is 32.2. The van der Waals surface area contributed by atoms with Gasteiger partial charge in [0, 0.05) is 30.0 Å². The van der Waals surface area contributed by atoms with E-state index in [0.29, 0.717) is 12.3 Å². The molecule has 19 heavy (non-hydrogen) atoms. The van der Waals surface area contributed by atoms with Crippen molar-refractivity contribution in [3.63, 3.8) is 0 Å². The van der Waals surface area contributed by atoms with Crippen LogP contribution in [-0.4, -0.2) is 30.1 Å². The standard InChI is InChI=1S/C13H11N3O2S/c1-18-8-16-10-6-9(7-17)2-3-11(10)19-13-12(16)14-4-5-15-13/h2-7H,8H2,1H3. The Kier molecular flexibility index (Phi) is 3.18. The molecule has 0 unspecified atom stereocenters. The molecule has 1 aliphatic heterocycles. The summed E-state index contributed by atoms with van der Waals surface area (Å²) in [4.78, 5) is 22.5. The van der Waals surface area contributed by atoms with Crippen molar-refractivity contribution in [2.45, 2.75) is 9.92 Å².